The Morgan fingerprint density at radius 1 is 1.15 bits per heavy atom. The third-order valence-electron chi connectivity index (χ3n) is 3.46. The normalized spacial score (nSPS) is 17.1. The summed E-state index contributed by atoms with van der Waals surface area (Å²) in [6, 6.07) is 8.40. The van der Waals surface area contributed by atoms with Crippen LogP contribution in [0, 0.1) is 5.41 Å². The van der Waals surface area contributed by atoms with Gasteiger partial charge in [-0.3, -0.25) is 4.90 Å². The maximum Gasteiger partial charge on any atom is 0.122 e. The fourth-order valence-corrected chi connectivity index (χ4v) is 2.47. The van der Waals surface area contributed by atoms with E-state index in [-0.39, 0.29) is 5.41 Å². The molecule has 0 saturated carbocycles. The Kier molecular flexibility index (Phi) is 5.44. The fraction of sp³-hybridized carbons (Fsp3) is 0.647. The zero-order chi connectivity index (χ0) is 14.4. The average Bonchev–Trinajstić information content (AvgIpc) is 2.40. The van der Waals surface area contributed by atoms with Gasteiger partial charge in [0, 0.05) is 19.6 Å². The van der Waals surface area contributed by atoms with Crippen molar-refractivity contribution < 1.29 is 9.47 Å². The van der Waals surface area contributed by atoms with Gasteiger partial charge in [-0.2, -0.15) is 0 Å². The predicted octanol–water partition coefficient (Wildman–Crippen LogP) is 2.99. The topological polar surface area (TPSA) is 21.7 Å². The van der Waals surface area contributed by atoms with Crippen molar-refractivity contribution in [2.24, 2.45) is 5.41 Å². The lowest BCUT2D eigenvalue weighted by Crippen LogP contribution is -2.38. The number of nitrogens with zero attached hydrogens (tertiary/aromatic N) is 1. The van der Waals surface area contributed by atoms with Crippen LogP contribution in [0.4, 0.5) is 0 Å². The summed E-state index contributed by atoms with van der Waals surface area (Å²) in [5.74, 6) is 1.04. The van der Waals surface area contributed by atoms with Crippen LogP contribution >= 0.6 is 0 Å². The van der Waals surface area contributed by atoms with Crippen molar-refractivity contribution in [3.8, 4) is 5.75 Å². The summed E-state index contributed by atoms with van der Waals surface area (Å²) in [6.07, 6.45) is 1.04. The van der Waals surface area contributed by atoms with Crippen LogP contribution in [-0.4, -0.2) is 44.4 Å². The summed E-state index contributed by atoms with van der Waals surface area (Å²) in [4.78, 5) is 2.40. The highest BCUT2D eigenvalue weighted by molar-refractivity contribution is 5.34. The zero-order valence-electron chi connectivity index (χ0n) is 13.0. The lowest BCUT2D eigenvalue weighted by molar-refractivity contribution is 0.0322. The number of rotatable bonds is 5. The van der Waals surface area contributed by atoms with E-state index in [9.17, 15) is 0 Å². The molecule has 1 fully saturated rings. The molecular formula is C17H27NO2. The standard InChI is InChI=1S/C17H27NO2/c1-17(2,3)14-15-6-4-5-7-16(15)20-13-10-18-8-11-19-12-9-18/h4-7H,8-14H2,1-3H3. The van der Waals surface area contributed by atoms with Crippen molar-refractivity contribution in [2.75, 3.05) is 39.5 Å². The Hall–Kier alpha value is -1.06. The van der Waals surface area contributed by atoms with Crippen molar-refractivity contribution in [1.29, 1.82) is 0 Å². The van der Waals surface area contributed by atoms with Gasteiger partial charge < -0.3 is 9.47 Å². The van der Waals surface area contributed by atoms with E-state index in [0.717, 1.165) is 51.6 Å². The molecule has 3 heteroatoms. The lowest BCUT2D eigenvalue weighted by Gasteiger charge is -2.26. The molecule has 0 aromatic heterocycles. The second-order valence-electron chi connectivity index (χ2n) is 6.65. The van der Waals surface area contributed by atoms with Gasteiger partial charge in [0.15, 0.2) is 0 Å². The van der Waals surface area contributed by atoms with Crippen molar-refractivity contribution in [2.45, 2.75) is 27.2 Å². The Bertz CT molecular complexity index is 406. The highest BCUT2D eigenvalue weighted by Gasteiger charge is 2.15. The summed E-state index contributed by atoms with van der Waals surface area (Å²) in [5.41, 5.74) is 1.59. The molecule has 1 aromatic rings. The molecule has 0 amide bonds. The summed E-state index contributed by atoms with van der Waals surface area (Å²) in [6.45, 7) is 12.3. The van der Waals surface area contributed by atoms with Crippen LogP contribution in [0.5, 0.6) is 5.75 Å². The second kappa shape index (κ2) is 7.09. The van der Waals surface area contributed by atoms with E-state index in [4.69, 9.17) is 9.47 Å². The van der Waals surface area contributed by atoms with Crippen LogP contribution in [0.25, 0.3) is 0 Å². The van der Waals surface area contributed by atoms with Gasteiger partial charge in [-0.15, -0.1) is 0 Å². The minimum atomic E-state index is 0.281. The number of hydrogen-bond acceptors (Lipinski definition) is 3. The summed E-state index contributed by atoms with van der Waals surface area (Å²) >= 11 is 0. The summed E-state index contributed by atoms with van der Waals surface area (Å²) in [5, 5.41) is 0. The minimum Gasteiger partial charge on any atom is -0.492 e. The first-order chi connectivity index (χ1) is 9.54. The van der Waals surface area contributed by atoms with Gasteiger partial charge in [0.05, 0.1) is 13.2 Å². The molecule has 0 N–H and O–H groups in total. The van der Waals surface area contributed by atoms with E-state index in [1.165, 1.54) is 5.56 Å². The minimum absolute atomic E-state index is 0.281. The Labute approximate surface area is 122 Å². The molecule has 3 nitrogen and oxygen atoms in total. The van der Waals surface area contributed by atoms with E-state index >= 15 is 0 Å². The lowest BCUT2D eigenvalue weighted by atomic mass is 9.88. The van der Waals surface area contributed by atoms with Crippen LogP contribution in [0.3, 0.4) is 0 Å². The molecule has 1 aliphatic heterocycles. The molecule has 112 valence electrons. The molecule has 0 atom stereocenters. The molecule has 1 saturated heterocycles. The maximum absolute atomic E-state index is 6.00. The van der Waals surface area contributed by atoms with E-state index in [2.05, 4.69) is 49.9 Å². The molecule has 0 unspecified atom stereocenters. The highest BCUT2D eigenvalue weighted by atomic mass is 16.5. The van der Waals surface area contributed by atoms with Gasteiger partial charge >= 0.3 is 0 Å². The number of hydrogen-bond donors (Lipinski definition) is 0. The third-order valence-corrected chi connectivity index (χ3v) is 3.46. The van der Waals surface area contributed by atoms with Crippen LogP contribution < -0.4 is 4.74 Å². The highest BCUT2D eigenvalue weighted by Crippen LogP contribution is 2.27. The predicted molar refractivity (Wildman–Crippen MR) is 82.4 cm³/mol. The first kappa shape index (κ1) is 15.3. The van der Waals surface area contributed by atoms with Crippen LogP contribution in [0.2, 0.25) is 0 Å². The molecule has 0 spiro atoms. The summed E-state index contributed by atoms with van der Waals surface area (Å²) < 4.78 is 11.4. The van der Waals surface area contributed by atoms with E-state index in [1.54, 1.807) is 0 Å². The van der Waals surface area contributed by atoms with E-state index in [0.29, 0.717) is 0 Å². The van der Waals surface area contributed by atoms with Gasteiger partial charge in [0.1, 0.15) is 12.4 Å². The zero-order valence-corrected chi connectivity index (χ0v) is 13.0. The van der Waals surface area contributed by atoms with Gasteiger partial charge in [0.2, 0.25) is 0 Å². The van der Waals surface area contributed by atoms with Crippen molar-refractivity contribution >= 4 is 0 Å². The SMILES string of the molecule is CC(C)(C)Cc1ccccc1OCCN1CCOCC1. The smallest absolute Gasteiger partial charge is 0.122 e. The third kappa shape index (κ3) is 5.14. The Morgan fingerprint density at radius 2 is 1.85 bits per heavy atom. The van der Waals surface area contributed by atoms with Crippen molar-refractivity contribution in [1.82, 2.24) is 4.90 Å². The number of morpholine rings is 1. The Balaban J connectivity index is 1.85. The monoisotopic (exact) mass is 277 g/mol. The van der Waals surface area contributed by atoms with Gasteiger partial charge in [-0.1, -0.05) is 39.0 Å². The molecule has 2 rings (SSSR count). The van der Waals surface area contributed by atoms with Crippen LogP contribution in [-0.2, 0) is 11.2 Å². The maximum atomic E-state index is 6.00. The molecular weight excluding hydrogens is 250 g/mol. The molecule has 0 bridgehead atoms. The second-order valence-corrected chi connectivity index (χ2v) is 6.65. The Morgan fingerprint density at radius 3 is 2.55 bits per heavy atom. The molecule has 0 radical (unpaired) electrons. The summed E-state index contributed by atoms with van der Waals surface area (Å²) in [7, 11) is 0. The molecule has 1 heterocycles. The first-order valence-electron chi connectivity index (χ1n) is 7.55. The molecule has 1 aromatic carbocycles. The first-order valence-corrected chi connectivity index (χ1v) is 7.55. The molecule has 1 aliphatic rings. The van der Waals surface area contributed by atoms with Crippen LogP contribution in [0.1, 0.15) is 26.3 Å². The fourth-order valence-electron chi connectivity index (χ4n) is 2.47. The molecule has 0 aliphatic carbocycles. The van der Waals surface area contributed by atoms with Gasteiger partial charge in [-0.05, 0) is 23.5 Å². The number of benzene rings is 1. The van der Waals surface area contributed by atoms with Crippen molar-refractivity contribution in [3.63, 3.8) is 0 Å². The van der Waals surface area contributed by atoms with Crippen molar-refractivity contribution in [3.05, 3.63) is 29.8 Å². The van der Waals surface area contributed by atoms with Gasteiger partial charge in [-0.25, -0.2) is 0 Å². The quantitative estimate of drug-likeness (QED) is 0.826. The number of para-hydroxylation sites is 1. The van der Waals surface area contributed by atoms with Gasteiger partial charge in [0.25, 0.3) is 0 Å². The number of ether oxygens (including phenoxy) is 2. The van der Waals surface area contributed by atoms with Crippen LogP contribution in [0.15, 0.2) is 24.3 Å². The largest absolute Gasteiger partial charge is 0.492 e. The molecule has 20 heavy (non-hydrogen) atoms. The average molecular weight is 277 g/mol. The van der Waals surface area contributed by atoms with E-state index in [1.807, 2.05) is 0 Å². The van der Waals surface area contributed by atoms with E-state index < -0.39 is 0 Å².